The van der Waals surface area contributed by atoms with Crippen LogP contribution in [0.3, 0.4) is 0 Å². The van der Waals surface area contributed by atoms with Gasteiger partial charge >= 0.3 is 0 Å². The minimum atomic E-state index is -0.626. The molecule has 0 saturated heterocycles. The van der Waals surface area contributed by atoms with Crippen molar-refractivity contribution >= 4 is 0 Å². The molecule has 0 bridgehead atoms. The van der Waals surface area contributed by atoms with Crippen LogP contribution in [-0.2, 0) is 4.74 Å². The number of hydrogen-bond acceptors (Lipinski definition) is 2. The summed E-state index contributed by atoms with van der Waals surface area (Å²) in [5.41, 5.74) is 6.21. The topological polar surface area (TPSA) is 35.2 Å². The fraction of sp³-hybridized carbons (Fsp3) is 0.538. The van der Waals surface area contributed by atoms with Gasteiger partial charge in [0.1, 0.15) is 11.6 Å². The quantitative estimate of drug-likeness (QED) is 0.885. The molecule has 4 heteroatoms. The van der Waals surface area contributed by atoms with E-state index in [1.165, 1.54) is 12.1 Å². The Morgan fingerprint density at radius 3 is 1.94 bits per heavy atom. The van der Waals surface area contributed by atoms with Crippen molar-refractivity contribution < 1.29 is 13.5 Å². The van der Waals surface area contributed by atoms with Crippen molar-refractivity contribution in [1.29, 1.82) is 0 Å². The first-order chi connectivity index (χ1) is 7.75. The largest absolute Gasteiger partial charge is 0.379 e. The zero-order valence-electron chi connectivity index (χ0n) is 10.6. The molecule has 2 nitrogen and oxygen atoms in total. The zero-order valence-corrected chi connectivity index (χ0v) is 10.6. The van der Waals surface area contributed by atoms with Crippen molar-refractivity contribution in [2.45, 2.75) is 32.9 Å². The van der Waals surface area contributed by atoms with Crippen molar-refractivity contribution in [3.63, 3.8) is 0 Å². The van der Waals surface area contributed by atoms with Gasteiger partial charge in [0, 0.05) is 13.2 Å². The molecule has 0 fully saturated rings. The standard InChI is InChI=1S/C13H19F2NO/c1-13(2,3)12(17-4)11(16)8-5-9(14)7-10(15)6-8/h5-7,11-12H,16H2,1-4H3. The molecular formula is C13H19F2NO. The van der Waals surface area contributed by atoms with Gasteiger partial charge in [0.2, 0.25) is 0 Å². The Morgan fingerprint density at radius 2 is 1.59 bits per heavy atom. The summed E-state index contributed by atoms with van der Waals surface area (Å²) in [6, 6.07) is 2.75. The Morgan fingerprint density at radius 1 is 1.12 bits per heavy atom. The third kappa shape index (κ3) is 3.48. The highest BCUT2D eigenvalue weighted by atomic mass is 19.1. The second-order valence-corrected chi connectivity index (χ2v) is 5.25. The normalized spacial score (nSPS) is 15.7. The van der Waals surface area contributed by atoms with Crippen molar-refractivity contribution in [3.8, 4) is 0 Å². The second-order valence-electron chi connectivity index (χ2n) is 5.25. The van der Waals surface area contributed by atoms with E-state index in [0.717, 1.165) is 6.07 Å². The van der Waals surface area contributed by atoms with Crippen molar-refractivity contribution in [3.05, 3.63) is 35.4 Å². The maximum atomic E-state index is 13.1. The van der Waals surface area contributed by atoms with Crippen LogP contribution < -0.4 is 5.73 Å². The first kappa shape index (κ1) is 14.1. The maximum Gasteiger partial charge on any atom is 0.126 e. The molecule has 0 spiro atoms. The molecule has 0 radical (unpaired) electrons. The van der Waals surface area contributed by atoms with Crippen molar-refractivity contribution in [1.82, 2.24) is 0 Å². The van der Waals surface area contributed by atoms with Gasteiger partial charge in [-0.05, 0) is 23.1 Å². The molecule has 0 heterocycles. The summed E-state index contributed by atoms with van der Waals surface area (Å²) < 4.78 is 31.6. The fourth-order valence-corrected chi connectivity index (χ4v) is 1.98. The average molecular weight is 243 g/mol. The minimum Gasteiger partial charge on any atom is -0.379 e. The van der Waals surface area contributed by atoms with Crippen molar-refractivity contribution in [2.24, 2.45) is 11.1 Å². The molecule has 0 saturated carbocycles. The third-order valence-corrected chi connectivity index (χ3v) is 2.70. The van der Waals surface area contributed by atoms with E-state index >= 15 is 0 Å². The van der Waals surface area contributed by atoms with E-state index in [4.69, 9.17) is 10.5 Å². The smallest absolute Gasteiger partial charge is 0.126 e. The maximum absolute atomic E-state index is 13.1. The molecule has 96 valence electrons. The van der Waals surface area contributed by atoms with Crippen LogP contribution in [0, 0.1) is 17.0 Å². The summed E-state index contributed by atoms with van der Waals surface area (Å²) in [4.78, 5) is 0. The molecule has 0 aliphatic heterocycles. The van der Waals surface area contributed by atoms with Crippen LogP contribution in [0.5, 0.6) is 0 Å². The highest BCUT2D eigenvalue weighted by molar-refractivity contribution is 5.22. The summed E-state index contributed by atoms with van der Waals surface area (Å²) in [6.45, 7) is 5.91. The molecule has 1 rings (SSSR count). The van der Waals surface area contributed by atoms with E-state index in [2.05, 4.69) is 0 Å². The first-order valence-electron chi connectivity index (χ1n) is 5.50. The average Bonchev–Trinajstić information content (AvgIpc) is 2.14. The fourth-order valence-electron chi connectivity index (χ4n) is 1.98. The Hall–Kier alpha value is -1.00. The molecule has 2 atom stereocenters. The van der Waals surface area contributed by atoms with E-state index in [1.54, 1.807) is 7.11 Å². The van der Waals surface area contributed by atoms with Gasteiger partial charge in [-0.25, -0.2) is 8.78 Å². The Labute approximate surface area is 101 Å². The number of nitrogens with two attached hydrogens (primary N) is 1. The van der Waals surface area contributed by atoms with Gasteiger partial charge in [0.05, 0.1) is 12.1 Å². The lowest BCUT2D eigenvalue weighted by atomic mass is 9.82. The molecule has 2 unspecified atom stereocenters. The van der Waals surface area contributed by atoms with Gasteiger partial charge in [-0.3, -0.25) is 0 Å². The molecule has 1 aromatic rings. The van der Waals surface area contributed by atoms with Gasteiger partial charge < -0.3 is 10.5 Å². The van der Waals surface area contributed by atoms with Gasteiger partial charge in [0.15, 0.2) is 0 Å². The van der Waals surface area contributed by atoms with Crippen LogP contribution in [0.2, 0.25) is 0 Å². The monoisotopic (exact) mass is 243 g/mol. The summed E-state index contributed by atoms with van der Waals surface area (Å²) in [5, 5.41) is 0. The summed E-state index contributed by atoms with van der Waals surface area (Å²) in [7, 11) is 1.55. The lowest BCUT2D eigenvalue weighted by molar-refractivity contribution is -0.00254. The van der Waals surface area contributed by atoms with E-state index in [9.17, 15) is 8.78 Å². The molecule has 17 heavy (non-hydrogen) atoms. The molecule has 0 amide bonds. The van der Waals surface area contributed by atoms with Crippen molar-refractivity contribution in [2.75, 3.05) is 7.11 Å². The van der Waals surface area contributed by atoms with E-state index < -0.39 is 17.7 Å². The predicted octanol–water partition coefficient (Wildman–Crippen LogP) is 3.03. The molecule has 2 N–H and O–H groups in total. The molecule has 0 aliphatic carbocycles. The number of benzene rings is 1. The molecule has 0 aromatic heterocycles. The number of hydrogen-bond donors (Lipinski definition) is 1. The van der Waals surface area contributed by atoms with Gasteiger partial charge in [-0.15, -0.1) is 0 Å². The highest BCUT2D eigenvalue weighted by Crippen LogP contribution is 2.31. The minimum absolute atomic E-state index is 0.211. The van der Waals surface area contributed by atoms with Crippen LogP contribution in [-0.4, -0.2) is 13.2 Å². The first-order valence-corrected chi connectivity index (χ1v) is 5.50. The van der Waals surface area contributed by atoms with Crippen LogP contribution in [0.15, 0.2) is 18.2 Å². The Bertz CT molecular complexity index is 367. The number of halogens is 2. The number of ether oxygens (including phenoxy) is 1. The second kappa shape index (κ2) is 5.10. The predicted molar refractivity (Wildman–Crippen MR) is 63.5 cm³/mol. The van der Waals surface area contributed by atoms with E-state index in [0.29, 0.717) is 5.56 Å². The Kier molecular flexibility index (Phi) is 4.22. The van der Waals surface area contributed by atoms with E-state index in [-0.39, 0.29) is 11.5 Å². The molecular weight excluding hydrogens is 224 g/mol. The van der Waals surface area contributed by atoms with Gasteiger partial charge in [0.25, 0.3) is 0 Å². The molecule has 0 aliphatic rings. The highest BCUT2D eigenvalue weighted by Gasteiger charge is 2.31. The van der Waals surface area contributed by atoms with Gasteiger partial charge in [-0.1, -0.05) is 20.8 Å². The SMILES string of the molecule is COC(C(N)c1cc(F)cc(F)c1)C(C)(C)C. The third-order valence-electron chi connectivity index (χ3n) is 2.70. The van der Waals surface area contributed by atoms with Crippen LogP contribution in [0.25, 0.3) is 0 Å². The number of methoxy groups -OCH3 is 1. The summed E-state index contributed by atoms with van der Waals surface area (Å²) in [6.07, 6.45) is -0.316. The zero-order chi connectivity index (χ0) is 13.2. The van der Waals surface area contributed by atoms with E-state index in [1.807, 2.05) is 20.8 Å². The summed E-state index contributed by atoms with van der Waals surface area (Å²) in [5.74, 6) is -1.25. The van der Waals surface area contributed by atoms with Crippen LogP contribution >= 0.6 is 0 Å². The van der Waals surface area contributed by atoms with Crippen LogP contribution in [0.4, 0.5) is 8.78 Å². The lowest BCUT2D eigenvalue weighted by Gasteiger charge is -2.34. The molecule has 1 aromatic carbocycles. The van der Waals surface area contributed by atoms with Crippen LogP contribution in [0.1, 0.15) is 32.4 Å². The number of rotatable bonds is 3. The lowest BCUT2D eigenvalue weighted by Crippen LogP contribution is -2.38. The summed E-state index contributed by atoms with van der Waals surface area (Å²) >= 11 is 0. The van der Waals surface area contributed by atoms with Gasteiger partial charge in [-0.2, -0.15) is 0 Å². The Balaban J connectivity index is 3.06.